The van der Waals surface area contributed by atoms with Crippen molar-refractivity contribution in [3.05, 3.63) is 0 Å². The van der Waals surface area contributed by atoms with E-state index in [0.29, 0.717) is 16.9 Å². The zero-order chi connectivity index (χ0) is 10.2. The fraction of sp³-hybridized carbons (Fsp3) is 1.00. The van der Waals surface area contributed by atoms with E-state index in [1.165, 1.54) is 19.3 Å². The summed E-state index contributed by atoms with van der Waals surface area (Å²) in [6.45, 7) is 4.87. The minimum Gasteiger partial charge on any atom is -0.319 e. The summed E-state index contributed by atoms with van der Waals surface area (Å²) in [5.74, 6) is 2.02. The molecule has 1 aliphatic heterocycles. The average molecular weight is 235 g/mol. The van der Waals surface area contributed by atoms with Crippen molar-refractivity contribution < 1.29 is 4.18 Å². The molecular weight excluding hydrogens is 216 g/mol. The Labute approximate surface area is 92.6 Å². The van der Waals surface area contributed by atoms with Crippen LogP contribution in [0.4, 0.5) is 0 Å². The zero-order valence-corrected chi connectivity index (χ0v) is 10.8. The Morgan fingerprint density at radius 2 is 2.14 bits per heavy atom. The number of hydrogen-bond donors (Lipinski definition) is 0. The third kappa shape index (κ3) is 0.934. The van der Waals surface area contributed by atoms with Crippen molar-refractivity contribution >= 4 is 20.2 Å². The third-order valence-corrected chi connectivity index (χ3v) is 7.40. The van der Waals surface area contributed by atoms with E-state index in [4.69, 9.17) is 14.9 Å². The molecular formula is C11H19ClOS. The highest BCUT2D eigenvalue weighted by Crippen LogP contribution is 2.77. The van der Waals surface area contributed by atoms with Crippen molar-refractivity contribution in [2.24, 2.45) is 16.7 Å². The molecule has 3 aliphatic rings. The van der Waals surface area contributed by atoms with Gasteiger partial charge in [-0.25, -0.2) is 0 Å². The first-order valence-corrected chi connectivity index (χ1v) is 8.47. The number of hydrogen-bond acceptors (Lipinski definition) is 1. The fourth-order valence-corrected chi connectivity index (χ4v) is 7.50. The van der Waals surface area contributed by atoms with Crippen molar-refractivity contribution in [1.82, 2.24) is 0 Å². The summed E-state index contributed by atoms with van der Waals surface area (Å²) >= 11 is 0. The largest absolute Gasteiger partial charge is 0.319 e. The second-order valence-corrected chi connectivity index (χ2v) is 10.2. The average Bonchev–Trinajstić information content (AvgIpc) is 2.50. The molecule has 82 valence electrons. The van der Waals surface area contributed by atoms with Gasteiger partial charge in [0.15, 0.2) is 0 Å². The molecule has 3 fully saturated rings. The van der Waals surface area contributed by atoms with Crippen LogP contribution in [0.25, 0.3) is 0 Å². The van der Waals surface area contributed by atoms with E-state index in [9.17, 15) is 0 Å². The normalized spacial score (nSPS) is 63.7. The lowest BCUT2D eigenvalue weighted by Crippen LogP contribution is -2.37. The van der Waals surface area contributed by atoms with Crippen LogP contribution in [-0.2, 0) is 4.18 Å². The standard InChI is InChI=1S/C11H19ClOS/c1-10(2)8-4-5-11(10)7-14(3,12)13-9(11)6-8/h8-9H,4-7H2,1-3H3/t8-,9-,11-/m1/s1. The molecule has 1 nitrogen and oxygen atoms in total. The maximum absolute atomic E-state index is 6.45. The van der Waals surface area contributed by atoms with Crippen molar-refractivity contribution in [2.45, 2.75) is 39.2 Å². The molecule has 1 unspecified atom stereocenters. The molecule has 3 heteroatoms. The van der Waals surface area contributed by atoms with Crippen molar-refractivity contribution in [2.75, 3.05) is 12.0 Å². The minimum atomic E-state index is -1.25. The van der Waals surface area contributed by atoms with Gasteiger partial charge in [-0.05, 0) is 41.3 Å². The second kappa shape index (κ2) is 2.46. The van der Waals surface area contributed by atoms with Gasteiger partial charge < -0.3 is 4.18 Å². The first kappa shape index (κ1) is 9.80. The third-order valence-electron chi connectivity index (χ3n) is 5.19. The molecule has 1 saturated heterocycles. The summed E-state index contributed by atoms with van der Waals surface area (Å²) in [7, 11) is 5.20. The number of rotatable bonds is 0. The molecule has 0 radical (unpaired) electrons. The molecule has 1 heterocycles. The highest BCUT2D eigenvalue weighted by Gasteiger charge is 2.69. The van der Waals surface area contributed by atoms with Crippen LogP contribution in [0.2, 0.25) is 0 Å². The molecule has 0 N–H and O–H groups in total. The molecule has 4 atom stereocenters. The van der Waals surface area contributed by atoms with Gasteiger partial charge in [-0.2, -0.15) is 0 Å². The Hall–Kier alpha value is 0.600. The van der Waals surface area contributed by atoms with E-state index in [0.717, 1.165) is 11.7 Å². The Morgan fingerprint density at radius 3 is 2.71 bits per heavy atom. The van der Waals surface area contributed by atoms with Gasteiger partial charge in [0, 0.05) is 17.4 Å². The van der Waals surface area contributed by atoms with E-state index in [1.54, 1.807) is 0 Å². The van der Waals surface area contributed by atoms with E-state index < -0.39 is 9.52 Å². The Balaban J connectivity index is 2.04. The molecule has 2 bridgehead atoms. The maximum atomic E-state index is 6.45. The van der Waals surface area contributed by atoms with Gasteiger partial charge in [-0.15, -0.1) is 0 Å². The van der Waals surface area contributed by atoms with Gasteiger partial charge in [-0.3, -0.25) is 0 Å². The van der Waals surface area contributed by atoms with Crippen molar-refractivity contribution in [1.29, 1.82) is 0 Å². The van der Waals surface area contributed by atoms with E-state index in [2.05, 4.69) is 20.1 Å². The molecule has 2 saturated carbocycles. The molecule has 14 heavy (non-hydrogen) atoms. The van der Waals surface area contributed by atoms with Gasteiger partial charge in [0.1, 0.15) is 0 Å². The van der Waals surface area contributed by atoms with Crippen LogP contribution in [0.15, 0.2) is 0 Å². The number of fused-ring (bicyclic) bond motifs is 1. The molecule has 0 amide bonds. The van der Waals surface area contributed by atoms with Gasteiger partial charge >= 0.3 is 0 Å². The van der Waals surface area contributed by atoms with Crippen molar-refractivity contribution in [3.63, 3.8) is 0 Å². The predicted molar refractivity (Wildman–Crippen MR) is 62.7 cm³/mol. The Bertz CT molecular complexity index is 289. The minimum absolute atomic E-state index is 0.434. The quantitative estimate of drug-likeness (QED) is 0.621. The summed E-state index contributed by atoms with van der Waals surface area (Å²) in [4.78, 5) is 0. The van der Waals surface area contributed by atoms with Gasteiger partial charge in [-0.1, -0.05) is 23.4 Å². The molecule has 2 aliphatic carbocycles. The van der Waals surface area contributed by atoms with Gasteiger partial charge in [0.2, 0.25) is 0 Å². The summed E-state index contributed by atoms with van der Waals surface area (Å²) < 4.78 is 6.08. The van der Waals surface area contributed by atoms with Crippen LogP contribution in [0.5, 0.6) is 0 Å². The lowest BCUT2D eigenvalue weighted by atomic mass is 9.70. The van der Waals surface area contributed by atoms with E-state index >= 15 is 0 Å². The SMILES string of the molecule is CC1(C)[C@@H]2CC[C@]13CS(C)(Cl)O[C@@H]3C2. The van der Waals surface area contributed by atoms with Gasteiger partial charge in [0.25, 0.3) is 0 Å². The second-order valence-electron chi connectivity index (χ2n) is 5.98. The first-order chi connectivity index (χ1) is 6.37. The summed E-state index contributed by atoms with van der Waals surface area (Å²) in [5, 5.41) is 0. The molecule has 0 aromatic heterocycles. The van der Waals surface area contributed by atoms with Crippen LogP contribution in [0.1, 0.15) is 33.1 Å². The molecule has 0 aromatic rings. The van der Waals surface area contributed by atoms with Crippen LogP contribution >= 0.6 is 20.2 Å². The first-order valence-electron chi connectivity index (χ1n) is 5.51. The van der Waals surface area contributed by atoms with Crippen LogP contribution in [0.3, 0.4) is 0 Å². The zero-order valence-electron chi connectivity index (χ0n) is 9.18. The maximum Gasteiger partial charge on any atom is 0.0787 e. The smallest absolute Gasteiger partial charge is 0.0787 e. The lowest BCUT2D eigenvalue weighted by Gasteiger charge is -2.37. The summed E-state index contributed by atoms with van der Waals surface area (Å²) in [6, 6.07) is 0. The summed E-state index contributed by atoms with van der Waals surface area (Å²) in [5.41, 5.74) is 0.904. The monoisotopic (exact) mass is 234 g/mol. The Kier molecular flexibility index (Phi) is 1.72. The number of halogens is 1. The molecule has 0 aromatic carbocycles. The van der Waals surface area contributed by atoms with Crippen LogP contribution in [0, 0.1) is 16.7 Å². The summed E-state index contributed by atoms with van der Waals surface area (Å²) in [6.07, 6.45) is 6.62. The molecule has 3 rings (SSSR count). The highest BCUT2D eigenvalue weighted by atomic mass is 35.7. The van der Waals surface area contributed by atoms with Gasteiger partial charge in [0.05, 0.1) is 6.10 Å². The van der Waals surface area contributed by atoms with Crippen molar-refractivity contribution in [3.8, 4) is 0 Å². The van der Waals surface area contributed by atoms with E-state index in [-0.39, 0.29) is 0 Å². The van der Waals surface area contributed by atoms with E-state index in [1.807, 2.05) is 0 Å². The highest BCUT2D eigenvalue weighted by molar-refractivity contribution is 8.47. The predicted octanol–water partition coefficient (Wildman–Crippen LogP) is 3.71. The fourth-order valence-electron chi connectivity index (χ4n) is 4.21. The lowest BCUT2D eigenvalue weighted by molar-refractivity contribution is 0.0737. The van der Waals surface area contributed by atoms with Crippen LogP contribution in [-0.4, -0.2) is 18.1 Å². The topological polar surface area (TPSA) is 9.23 Å². The van der Waals surface area contributed by atoms with Crippen LogP contribution < -0.4 is 0 Å². The Morgan fingerprint density at radius 1 is 1.43 bits per heavy atom. The molecule has 1 spiro atoms.